The standard InChI is InChI=1S/C31H36Cl3N3O5S/c1-5-21(4)35-31(39)29(6-2)36(19-22-8-9-24(33)18-28(22)34)30(38)20-37(25-12-14-26(15-13-25)42-7-3)43(40,41)27-16-10-23(32)11-17-27/h8-18,21,29H,5-7,19-20H2,1-4H3,(H,35,39). The van der Waals surface area contributed by atoms with Crippen molar-refractivity contribution in [1.82, 2.24) is 10.2 Å². The number of benzene rings is 3. The van der Waals surface area contributed by atoms with Crippen molar-refractivity contribution in [3.63, 3.8) is 0 Å². The van der Waals surface area contributed by atoms with Gasteiger partial charge in [-0.15, -0.1) is 0 Å². The van der Waals surface area contributed by atoms with E-state index in [2.05, 4.69) is 5.32 Å². The van der Waals surface area contributed by atoms with Crippen LogP contribution in [-0.2, 0) is 26.2 Å². The predicted octanol–water partition coefficient (Wildman–Crippen LogP) is 6.96. The molecule has 0 aromatic heterocycles. The molecule has 2 atom stereocenters. The lowest BCUT2D eigenvalue weighted by molar-refractivity contribution is -0.140. The number of hydrogen-bond acceptors (Lipinski definition) is 5. The van der Waals surface area contributed by atoms with Crippen molar-refractivity contribution in [1.29, 1.82) is 0 Å². The zero-order valence-electron chi connectivity index (χ0n) is 24.5. The van der Waals surface area contributed by atoms with Gasteiger partial charge in [0.2, 0.25) is 11.8 Å². The number of nitrogens with zero attached hydrogens (tertiary/aromatic N) is 2. The van der Waals surface area contributed by atoms with Crippen LogP contribution in [0.4, 0.5) is 5.69 Å². The summed E-state index contributed by atoms with van der Waals surface area (Å²) in [5, 5.41) is 4.05. The van der Waals surface area contributed by atoms with Gasteiger partial charge in [-0.1, -0.05) is 54.7 Å². The third kappa shape index (κ3) is 9.01. The molecular formula is C31H36Cl3N3O5S. The van der Waals surface area contributed by atoms with Crippen LogP contribution in [0.1, 0.15) is 46.1 Å². The number of carbonyl (C=O) groups excluding carboxylic acids is 2. The number of nitrogens with one attached hydrogen (secondary N) is 1. The zero-order valence-corrected chi connectivity index (χ0v) is 27.6. The fourth-order valence-corrected chi connectivity index (χ4v) is 6.34. The lowest BCUT2D eigenvalue weighted by Gasteiger charge is -2.34. The van der Waals surface area contributed by atoms with Crippen LogP contribution in [0, 0.1) is 0 Å². The minimum atomic E-state index is -4.24. The summed E-state index contributed by atoms with van der Waals surface area (Å²) in [4.78, 5) is 28.9. The van der Waals surface area contributed by atoms with Crippen LogP contribution < -0.4 is 14.4 Å². The van der Waals surface area contributed by atoms with Gasteiger partial charge in [0.1, 0.15) is 18.3 Å². The summed E-state index contributed by atoms with van der Waals surface area (Å²) in [5.41, 5.74) is 0.802. The molecule has 0 aliphatic carbocycles. The summed E-state index contributed by atoms with van der Waals surface area (Å²) < 4.78 is 34.5. The lowest BCUT2D eigenvalue weighted by Crippen LogP contribution is -2.53. The SMILES string of the molecule is CCOc1ccc(N(CC(=O)N(Cc2ccc(Cl)cc2Cl)C(CC)C(=O)NC(C)CC)S(=O)(=O)c2ccc(Cl)cc2)cc1. The Kier molecular flexibility index (Phi) is 12.6. The first-order valence-electron chi connectivity index (χ1n) is 14.0. The zero-order chi connectivity index (χ0) is 31.7. The van der Waals surface area contributed by atoms with Crippen molar-refractivity contribution >= 4 is 62.3 Å². The average molecular weight is 669 g/mol. The van der Waals surface area contributed by atoms with Crippen LogP contribution in [-0.4, -0.2) is 50.4 Å². The minimum Gasteiger partial charge on any atom is -0.494 e. The van der Waals surface area contributed by atoms with E-state index >= 15 is 0 Å². The maximum atomic E-state index is 14.2. The fourth-order valence-electron chi connectivity index (χ4n) is 4.33. The van der Waals surface area contributed by atoms with Gasteiger partial charge in [-0.2, -0.15) is 0 Å². The quantitative estimate of drug-likeness (QED) is 0.200. The van der Waals surface area contributed by atoms with Gasteiger partial charge in [0.15, 0.2) is 0 Å². The highest BCUT2D eigenvalue weighted by Crippen LogP contribution is 2.28. The van der Waals surface area contributed by atoms with E-state index < -0.39 is 28.5 Å². The molecule has 0 saturated heterocycles. The molecule has 0 saturated carbocycles. The molecule has 43 heavy (non-hydrogen) atoms. The molecule has 232 valence electrons. The molecule has 3 rings (SSSR count). The first kappa shape index (κ1) is 34.5. The van der Waals surface area contributed by atoms with Gasteiger partial charge in [-0.25, -0.2) is 8.42 Å². The monoisotopic (exact) mass is 667 g/mol. The predicted molar refractivity (Wildman–Crippen MR) is 173 cm³/mol. The second kappa shape index (κ2) is 15.7. The van der Waals surface area contributed by atoms with E-state index in [9.17, 15) is 18.0 Å². The molecule has 2 amide bonds. The number of ether oxygens (including phenoxy) is 1. The smallest absolute Gasteiger partial charge is 0.264 e. The second-order valence-corrected chi connectivity index (χ2v) is 13.0. The van der Waals surface area contributed by atoms with Crippen molar-refractivity contribution in [2.24, 2.45) is 0 Å². The number of anilines is 1. The normalized spacial score (nSPS) is 12.7. The largest absolute Gasteiger partial charge is 0.494 e. The summed E-state index contributed by atoms with van der Waals surface area (Å²) in [6, 6.07) is 15.9. The molecule has 0 spiro atoms. The summed E-state index contributed by atoms with van der Waals surface area (Å²) in [5.74, 6) is -0.389. The van der Waals surface area contributed by atoms with Gasteiger partial charge in [0.25, 0.3) is 10.0 Å². The third-order valence-corrected chi connectivity index (χ3v) is 9.49. The number of amides is 2. The van der Waals surface area contributed by atoms with Gasteiger partial charge in [-0.05, 0) is 92.9 Å². The Morgan fingerprint density at radius 2 is 1.51 bits per heavy atom. The number of rotatable bonds is 14. The van der Waals surface area contributed by atoms with Crippen LogP contribution in [0.5, 0.6) is 5.75 Å². The van der Waals surface area contributed by atoms with Crippen LogP contribution in [0.2, 0.25) is 15.1 Å². The van der Waals surface area contributed by atoms with E-state index in [1.54, 1.807) is 49.4 Å². The van der Waals surface area contributed by atoms with Crippen LogP contribution in [0.3, 0.4) is 0 Å². The lowest BCUT2D eigenvalue weighted by atomic mass is 10.1. The van der Waals surface area contributed by atoms with E-state index in [0.29, 0.717) is 39.4 Å². The second-order valence-electron chi connectivity index (χ2n) is 9.89. The number of halogens is 3. The van der Waals surface area contributed by atoms with Crippen molar-refractivity contribution in [2.45, 2.75) is 64.1 Å². The summed E-state index contributed by atoms with van der Waals surface area (Å²) in [6.45, 7) is 7.25. The number of carbonyl (C=O) groups is 2. The molecule has 0 heterocycles. The van der Waals surface area contributed by atoms with Gasteiger partial charge in [0.05, 0.1) is 17.2 Å². The van der Waals surface area contributed by atoms with E-state index in [0.717, 1.165) is 4.31 Å². The Balaban J connectivity index is 2.08. The molecular weight excluding hydrogens is 633 g/mol. The molecule has 8 nitrogen and oxygen atoms in total. The highest BCUT2D eigenvalue weighted by Gasteiger charge is 2.34. The first-order chi connectivity index (χ1) is 20.4. The molecule has 3 aromatic rings. The highest BCUT2D eigenvalue weighted by atomic mass is 35.5. The van der Waals surface area contributed by atoms with Crippen LogP contribution >= 0.6 is 34.8 Å². The minimum absolute atomic E-state index is 0.0423. The Morgan fingerprint density at radius 1 is 0.884 bits per heavy atom. The average Bonchev–Trinajstić information content (AvgIpc) is 2.97. The Morgan fingerprint density at radius 3 is 2.07 bits per heavy atom. The first-order valence-corrected chi connectivity index (χ1v) is 16.5. The number of sulfonamides is 1. The molecule has 0 aliphatic heterocycles. The van der Waals surface area contributed by atoms with Crippen molar-refractivity contribution in [2.75, 3.05) is 17.5 Å². The molecule has 12 heteroatoms. The van der Waals surface area contributed by atoms with Gasteiger partial charge in [-0.3, -0.25) is 13.9 Å². The topological polar surface area (TPSA) is 96.0 Å². The summed E-state index contributed by atoms with van der Waals surface area (Å²) >= 11 is 18.6. The van der Waals surface area contributed by atoms with E-state index in [1.807, 2.05) is 20.8 Å². The molecule has 3 aromatic carbocycles. The molecule has 0 fully saturated rings. The van der Waals surface area contributed by atoms with Crippen molar-refractivity contribution < 1.29 is 22.7 Å². The van der Waals surface area contributed by atoms with Crippen LogP contribution in [0.15, 0.2) is 71.6 Å². The summed E-state index contributed by atoms with van der Waals surface area (Å²) in [7, 11) is -4.24. The molecule has 0 aliphatic rings. The Labute approximate surface area is 268 Å². The molecule has 0 bridgehead atoms. The van der Waals surface area contributed by atoms with E-state index in [1.165, 1.54) is 29.2 Å². The van der Waals surface area contributed by atoms with Crippen molar-refractivity contribution in [3.05, 3.63) is 87.4 Å². The maximum Gasteiger partial charge on any atom is 0.264 e. The Bertz CT molecular complexity index is 1500. The van der Waals surface area contributed by atoms with Crippen LogP contribution in [0.25, 0.3) is 0 Å². The Hall–Kier alpha value is -2.98. The molecule has 1 N–H and O–H groups in total. The van der Waals surface area contributed by atoms with E-state index in [4.69, 9.17) is 39.5 Å². The number of hydrogen-bond donors (Lipinski definition) is 1. The third-order valence-electron chi connectivity index (χ3n) is 6.86. The summed E-state index contributed by atoms with van der Waals surface area (Å²) in [6.07, 6.45) is 0.982. The molecule has 0 radical (unpaired) electrons. The van der Waals surface area contributed by atoms with Gasteiger partial charge >= 0.3 is 0 Å². The highest BCUT2D eigenvalue weighted by molar-refractivity contribution is 7.92. The fraction of sp³-hybridized carbons (Fsp3) is 0.355. The maximum absolute atomic E-state index is 14.2. The van der Waals surface area contributed by atoms with Gasteiger partial charge in [0, 0.05) is 27.7 Å². The van der Waals surface area contributed by atoms with Crippen molar-refractivity contribution in [3.8, 4) is 5.75 Å². The van der Waals surface area contributed by atoms with E-state index in [-0.39, 0.29) is 35.5 Å². The molecule has 2 unspecified atom stereocenters. The van der Waals surface area contributed by atoms with Gasteiger partial charge < -0.3 is 15.0 Å².